The summed E-state index contributed by atoms with van der Waals surface area (Å²) >= 11 is 6.08. The van der Waals surface area contributed by atoms with Crippen molar-refractivity contribution >= 4 is 28.8 Å². The number of nitro groups is 1. The number of nitrogens with zero attached hydrogens (tertiary/aromatic N) is 3. The highest BCUT2D eigenvalue weighted by molar-refractivity contribution is 6.31. The van der Waals surface area contributed by atoms with Crippen LogP contribution in [0, 0.1) is 35.3 Å². The zero-order valence-corrected chi connectivity index (χ0v) is 24.2. The van der Waals surface area contributed by atoms with Gasteiger partial charge in [0.05, 0.1) is 29.6 Å². The van der Waals surface area contributed by atoms with E-state index in [1.165, 1.54) is 23.1 Å². The van der Waals surface area contributed by atoms with Gasteiger partial charge < -0.3 is 15.2 Å². The number of hydrogen-bond acceptors (Lipinski definition) is 8. The molecule has 5 rings (SSSR count). The summed E-state index contributed by atoms with van der Waals surface area (Å²) in [4.78, 5) is 26.6. The standard InChI is InChI=1S/C32H29ClN4O5/c1-18-13-20(17-42-23-10-8-22(41-3)9-11-23)19(2)24(14-18)30-25(16-34)32(35)36(27-5-4-6-29(38)31(27)30)26-12-7-21(33)15-28(26)37(39)40/h7-15,30H,4-6,17,35H2,1-3H3. The summed E-state index contributed by atoms with van der Waals surface area (Å²) in [6.07, 6.45) is 1.34. The third-order valence-electron chi connectivity index (χ3n) is 7.75. The van der Waals surface area contributed by atoms with Crippen molar-refractivity contribution in [2.24, 2.45) is 5.73 Å². The van der Waals surface area contributed by atoms with Crippen molar-refractivity contribution < 1.29 is 19.2 Å². The third kappa shape index (κ3) is 5.17. The topological polar surface area (TPSA) is 132 Å². The van der Waals surface area contributed by atoms with Crippen molar-refractivity contribution in [1.82, 2.24) is 0 Å². The fourth-order valence-electron chi connectivity index (χ4n) is 5.75. The number of ketones is 1. The molecule has 2 N–H and O–H groups in total. The van der Waals surface area contributed by atoms with Crippen LogP contribution in [-0.4, -0.2) is 17.8 Å². The highest BCUT2D eigenvalue weighted by atomic mass is 35.5. The lowest BCUT2D eigenvalue weighted by Crippen LogP contribution is -2.39. The molecule has 0 radical (unpaired) electrons. The minimum Gasteiger partial charge on any atom is -0.497 e. The summed E-state index contributed by atoms with van der Waals surface area (Å²) in [7, 11) is 1.60. The summed E-state index contributed by atoms with van der Waals surface area (Å²) in [6.45, 7) is 4.16. The zero-order chi connectivity index (χ0) is 30.1. The summed E-state index contributed by atoms with van der Waals surface area (Å²) in [5, 5.41) is 22.6. The van der Waals surface area contributed by atoms with Crippen molar-refractivity contribution in [1.29, 1.82) is 5.26 Å². The lowest BCUT2D eigenvalue weighted by molar-refractivity contribution is -0.384. The van der Waals surface area contributed by atoms with Crippen LogP contribution in [0.1, 0.15) is 47.4 Å². The van der Waals surface area contributed by atoms with Gasteiger partial charge in [-0.25, -0.2) is 0 Å². The van der Waals surface area contributed by atoms with E-state index in [2.05, 4.69) is 6.07 Å². The number of benzene rings is 3. The Hall–Kier alpha value is -4.81. The van der Waals surface area contributed by atoms with E-state index in [4.69, 9.17) is 26.8 Å². The maximum absolute atomic E-state index is 13.6. The van der Waals surface area contributed by atoms with Crippen molar-refractivity contribution in [3.63, 3.8) is 0 Å². The molecule has 0 spiro atoms. The van der Waals surface area contributed by atoms with Gasteiger partial charge in [-0.2, -0.15) is 5.26 Å². The SMILES string of the molecule is COc1ccc(OCc2cc(C)cc(C3C(C#N)=C(N)N(c4ccc(Cl)cc4[N+](=O)[O-])C4=C3C(=O)CCC4)c2C)cc1. The Labute approximate surface area is 248 Å². The van der Waals surface area contributed by atoms with Crippen LogP contribution in [0.2, 0.25) is 5.02 Å². The molecule has 2 aliphatic rings. The fraction of sp³-hybridized carbons (Fsp3) is 0.250. The average Bonchev–Trinajstić information content (AvgIpc) is 2.97. The Bertz CT molecular complexity index is 1700. The number of nitrogens with two attached hydrogens (primary N) is 1. The predicted octanol–water partition coefficient (Wildman–Crippen LogP) is 6.76. The second-order valence-corrected chi connectivity index (χ2v) is 10.7. The van der Waals surface area contributed by atoms with Gasteiger partial charge in [-0.1, -0.05) is 29.3 Å². The number of nitriles is 1. The molecule has 9 nitrogen and oxygen atoms in total. The van der Waals surface area contributed by atoms with Gasteiger partial charge in [-0.05, 0) is 79.8 Å². The molecular weight excluding hydrogens is 556 g/mol. The van der Waals surface area contributed by atoms with Crippen molar-refractivity contribution in [3.8, 4) is 17.6 Å². The van der Waals surface area contributed by atoms with Crippen LogP contribution < -0.4 is 20.1 Å². The van der Waals surface area contributed by atoms with Crippen LogP contribution >= 0.6 is 11.6 Å². The Balaban J connectivity index is 1.64. The number of halogens is 1. The van der Waals surface area contributed by atoms with E-state index in [9.17, 15) is 20.2 Å². The zero-order valence-electron chi connectivity index (χ0n) is 23.4. The normalized spacial score (nSPS) is 16.7. The van der Waals surface area contributed by atoms with E-state index in [-0.39, 0.29) is 40.2 Å². The van der Waals surface area contributed by atoms with Gasteiger partial charge in [-0.15, -0.1) is 0 Å². The van der Waals surface area contributed by atoms with Gasteiger partial charge in [0.25, 0.3) is 5.69 Å². The number of methoxy groups -OCH3 is 1. The molecule has 0 fully saturated rings. The highest BCUT2D eigenvalue weighted by Crippen LogP contribution is 2.49. The smallest absolute Gasteiger partial charge is 0.294 e. The third-order valence-corrected chi connectivity index (χ3v) is 7.99. The molecule has 3 aromatic rings. The van der Waals surface area contributed by atoms with Crippen LogP contribution in [-0.2, 0) is 11.4 Å². The molecule has 42 heavy (non-hydrogen) atoms. The minimum atomic E-state index is -0.722. The number of carbonyl (C=O) groups is 1. The first kappa shape index (κ1) is 28.7. The molecule has 10 heteroatoms. The predicted molar refractivity (Wildman–Crippen MR) is 159 cm³/mol. The number of ether oxygens (including phenoxy) is 2. The lowest BCUT2D eigenvalue weighted by atomic mass is 9.73. The van der Waals surface area contributed by atoms with E-state index < -0.39 is 10.8 Å². The molecule has 0 saturated heterocycles. The second kappa shape index (κ2) is 11.6. The lowest BCUT2D eigenvalue weighted by Gasteiger charge is -2.40. The first-order valence-corrected chi connectivity index (χ1v) is 13.8. The van der Waals surface area contributed by atoms with Gasteiger partial charge in [0.2, 0.25) is 0 Å². The van der Waals surface area contributed by atoms with E-state index in [0.717, 1.165) is 28.0 Å². The molecule has 0 aromatic heterocycles. The first-order valence-electron chi connectivity index (χ1n) is 13.4. The van der Waals surface area contributed by atoms with Crippen molar-refractivity contribution in [3.05, 3.63) is 115 Å². The van der Waals surface area contributed by atoms with E-state index in [1.807, 2.05) is 50.2 Å². The Morgan fingerprint density at radius 3 is 2.50 bits per heavy atom. The molecule has 1 atom stereocenters. The number of hydrogen-bond donors (Lipinski definition) is 1. The molecule has 1 aliphatic heterocycles. The quantitative estimate of drug-likeness (QED) is 0.238. The fourth-order valence-corrected chi connectivity index (χ4v) is 5.92. The summed E-state index contributed by atoms with van der Waals surface area (Å²) in [5.74, 6) is 0.616. The van der Waals surface area contributed by atoms with Gasteiger partial charge >= 0.3 is 0 Å². The van der Waals surface area contributed by atoms with Crippen molar-refractivity contribution in [2.45, 2.75) is 45.6 Å². The number of carbonyl (C=O) groups excluding carboxylic acids is 1. The number of aryl methyl sites for hydroxylation is 1. The molecule has 1 heterocycles. The molecule has 0 amide bonds. The molecule has 0 saturated carbocycles. The number of Topliss-reactive ketones (excluding diaryl/α,β-unsaturated/α-hetero) is 1. The molecule has 0 bridgehead atoms. The van der Waals surface area contributed by atoms with Crippen LogP contribution in [0.15, 0.2) is 77.3 Å². The monoisotopic (exact) mass is 584 g/mol. The number of nitro benzene ring substituents is 1. The van der Waals surface area contributed by atoms with E-state index in [0.29, 0.717) is 36.3 Å². The Morgan fingerprint density at radius 1 is 1.12 bits per heavy atom. The van der Waals surface area contributed by atoms with Gasteiger partial charge in [0, 0.05) is 28.8 Å². The van der Waals surface area contributed by atoms with Gasteiger partial charge in [0.1, 0.15) is 29.6 Å². The summed E-state index contributed by atoms with van der Waals surface area (Å²) < 4.78 is 11.3. The first-order chi connectivity index (χ1) is 20.1. The molecule has 3 aromatic carbocycles. The average molecular weight is 585 g/mol. The second-order valence-electron chi connectivity index (χ2n) is 10.3. The van der Waals surface area contributed by atoms with E-state index >= 15 is 0 Å². The van der Waals surface area contributed by atoms with Crippen LogP contribution in [0.5, 0.6) is 11.5 Å². The molecule has 214 valence electrons. The number of allylic oxidation sites excluding steroid dienone is 3. The highest BCUT2D eigenvalue weighted by Gasteiger charge is 2.42. The van der Waals surface area contributed by atoms with E-state index in [1.54, 1.807) is 7.11 Å². The van der Waals surface area contributed by atoms with Crippen LogP contribution in [0.4, 0.5) is 11.4 Å². The Morgan fingerprint density at radius 2 is 1.83 bits per heavy atom. The molecular formula is C32H29ClN4O5. The molecule has 1 aliphatic carbocycles. The summed E-state index contributed by atoms with van der Waals surface area (Å²) in [5.41, 5.74) is 11.2. The maximum Gasteiger partial charge on any atom is 0.294 e. The van der Waals surface area contributed by atoms with Gasteiger partial charge in [0.15, 0.2) is 5.78 Å². The minimum absolute atomic E-state index is 0.0540. The summed E-state index contributed by atoms with van der Waals surface area (Å²) in [6, 6.07) is 17.8. The maximum atomic E-state index is 13.6. The Kier molecular flexibility index (Phi) is 7.92. The van der Waals surface area contributed by atoms with Crippen LogP contribution in [0.25, 0.3) is 0 Å². The molecule has 1 unspecified atom stereocenters. The number of anilines is 1. The number of rotatable bonds is 7. The largest absolute Gasteiger partial charge is 0.497 e. The van der Waals surface area contributed by atoms with Crippen molar-refractivity contribution in [2.75, 3.05) is 12.0 Å². The van der Waals surface area contributed by atoms with Gasteiger partial charge in [-0.3, -0.25) is 19.8 Å². The van der Waals surface area contributed by atoms with Crippen LogP contribution in [0.3, 0.4) is 0 Å².